The third-order valence-corrected chi connectivity index (χ3v) is 6.50. The molecule has 3 heterocycles. The number of unbranched alkanes of at least 4 members (excludes halogenated alkanes) is 3. The maximum atomic E-state index is 13.0. The highest BCUT2D eigenvalue weighted by atomic mass is 16.2. The summed E-state index contributed by atoms with van der Waals surface area (Å²) in [6.45, 7) is 8.32. The van der Waals surface area contributed by atoms with Gasteiger partial charge in [-0.15, -0.1) is 0 Å². The van der Waals surface area contributed by atoms with Crippen LogP contribution in [0.1, 0.15) is 52.4 Å². The van der Waals surface area contributed by atoms with Gasteiger partial charge in [0, 0.05) is 58.4 Å². The van der Waals surface area contributed by atoms with Crippen LogP contribution < -0.4 is 26.8 Å². The van der Waals surface area contributed by atoms with Crippen LogP contribution in [0.5, 0.6) is 0 Å². The van der Waals surface area contributed by atoms with E-state index in [2.05, 4.69) is 21.8 Å². The van der Waals surface area contributed by atoms with Gasteiger partial charge in [-0.1, -0.05) is 39.2 Å². The fourth-order valence-corrected chi connectivity index (χ4v) is 4.42. The minimum atomic E-state index is -0.492. The van der Waals surface area contributed by atoms with Gasteiger partial charge in [-0.2, -0.15) is 0 Å². The molecule has 2 aromatic heterocycles. The quantitative estimate of drug-likeness (QED) is 0.441. The Morgan fingerprint density at radius 3 is 2.46 bits per heavy atom. The topological polar surface area (TPSA) is 121 Å². The number of amides is 1. The molecule has 1 amide bonds. The fraction of sp³-hybridized carbons (Fsp3) is 0.600. The summed E-state index contributed by atoms with van der Waals surface area (Å²) in [5.41, 5.74) is 5.66. The van der Waals surface area contributed by atoms with E-state index in [-0.39, 0.29) is 18.1 Å². The molecule has 1 aliphatic rings. The maximum Gasteiger partial charge on any atom is 0.330 e. The Labute approximate surface area is 206 Å². The number of hydrogen-bond acceptors (Lipinski definition) is 7. The van der Waals surface area contributed by atoms with Crippen LogP contribution in [0.4, 0.5) is 17.3 Å². The van der Waals surface area contributed by atoms with E-state index in [1.54, 1.807) is 6.20 Å². The van der Waals surface area contributed by atoms with Gasteiger partial charge < -0.3 is 20.4 Å². The minimum absolute atomic E-state index is 0.0560. The van der Waals surface area contributed by atoms with Crippen molar-refractivity contribution in [1.29, 1.82) is 0 Å². The maximum absolute atomic E-state index is 13.0. The SMILES string of the molecule is CCCCCN(CCC(=O)N1CCN(c2ccccn2)CC1)c1c(N)n(CCCC)c(=O)[nH]c1=O. The van der Waals surface area contributed by atoms with E-state index in [1.807, 2.05) is 34.9 Å². The third kappa shape index (κ3) is 6.86. The number of H-pyrrole nitrogens is 1. The molecule has 10 heteroatoms. The molecular formula is C25H39N7O3. The molecule has 10 nitrogen and oxygen atoms in total. The van der Waals surface area contributed by atoms with Crippen molar-refractivity contribution in [3.8, 4) is 0 Å². The minimum Gasteiger partial charge on any atom is -0.383 e. The van der Waals surface area contributed by atoms with Crippen molar-refractivity contribution in [3.05, 3.63) is 45.2 Å². The number of nitrogen functional groups attached to an aromatic ring is 1. The van der Waals surface area contributed by atoms with Crippen molar-refractivity contribution >= 4 is 23.2 Å². The van der Waals surface area contributed by atoms with E-state index in [1.165, 1.54) is 4.57 Å². The molecule has 0 saturated carbocycles. The summed E-state index contributed by atoms with van der Waals surface area (Å²) >= 11 is 0. The molecule has 0 unspecified atom stereocenters. The second-order valence-corrected chi connectivity index (χ2v) is 9.00. The van der Waals surface area contributed by atoms with Crippen molar-refractivity contribution < 1.29 is 4.79 Å². The molecule has 1 fully saturated rings. The molecule has 0 spiro atoms. The molecule has 0 atom stereocenters. The summed E-state index contributed by atoms with van der Waals surface area (Å²) in [5, 5.41) is 0. The first-order valence-electron chi connectivity index (χ1n) is 12.8. The Balaban J connectivity index is 1.68. The molecule has 1 saturated heterocycles. The first-order chi connectivity index (χ1) is 17.0. The van der Waals surface area contributed by atoms with Gasteiger partial charge in [0.1, 0.15) is 17.3 Å². The van der Waals surface area contributed by atoms with E-state index in [0.717, 1.165) is 51.0 Å². The molecule has 3 rings (SSSR count). The van der Waals surface area contributed by atoms with Crippen molar-refractivity contribution in [3.63, 3.8) is 0 Å². The van der Waals surface area contributed by atoms with Gasteiger partial charge >= 0.3 is 5.69 Å². The lowest BCUT2D eigenvalue weighted by atomic mass is 10.2. The number of aromatic nitrogens is 3. The second kappa shape index (κ2) is 13.0. The smallest absolute Gasteiger partial charge is 0.330 e. The molecule has 192 valence electrons. The van der Waals surface area contributed by atoms with E-state index in [9.17, 15) is 14.4 Å². The number of nitrogens with two attached hydrogens (primary N) is 1. The Hall–Kier alpha value is -3.30. The van der Waals surface area contributed by atoms with E-state index in [4.69, 9.17) is 5.73 Å². The van der Waals surface area contributed by atoms with Gasteiger partial charge in [-0.3, -0.25) is 19.1 Å². The molecule has 0 radical (unpaired) electrons. The molecular weight excluding hydrogens is 446 g/mol. The third-order valence-electron chi connectivity index (χ3n) is 6.50. The summed E-state index contributed by atoms with van der Waals surface area (Å²) in [5.74, 6) is 1.16. The van der Waals surface area contributed by atoms with Crippen molar-refractivity contribution in [2.24, 2.45) is 0 Å². The first kappa shape index (κ1) is 26.3. The lowest BCUT2D eigenvalue weighted by Gasteiger charge is -2.36. The molecule has 0 bridgehead atoms. The molecule has 0 aliphatic carbocycles. The number of pyridine rings is 1. The zero-order valence-corrected chi connectivity index (χ0v) is 21.0. The molecule has 3 N–H and O–H groups in total. The summed E-state index contributed by atoms with van der Waals surface area (Å²) in [6.07, 6.45) is 6.67. The van der Waals surface area contributed by atoms with Crippen LogP contribution in [0.25, 0.3) is 0 Å². The molecule has 0 aromatic carbocycles. The normalized spacial score (nSPS) is 13.8. The van der Waals surface area contributed by atoms with Gasteiger partial charge in [0.05, 0.1) is 0 Å². The Morgan fingerprint density at radius 1 is 1.06 bits per heavy atom. The number of carbonyl (C=O) groups is 1. The van der Waals surface area contributed by atoms with Gasteiger partial charge in [0.25, 0.3) is 5.56 Å². The Morgan fingerprint density at radius 2 is 1.80 bits per heavy atom. The largest absolute Gasteiger partial charge is 0.383 e. The molecule has 35 heavy (non-hydrogen) atoms. The van der Waals surface area contributed by atoms with Crippen molar-refractivity contribution in [1.82, 2.24) is 19.4 Å². The van der Waals surface area contributed by atoms with E-state index >= 15 is 0 Å². The van der Waals surface area contributed by atoms with Crippen LogP contribution in [0.3, 0.4) is 0 Å². The fourth-order valence-electron chi connectivity index (χ4n) is 4.42. The van der Waals surface area contributed by atoms with E-state index < -0.39 is 11.2 Å². The molecule has 2 aromatic rings. The number of carbonyl (C=O) groups excluding carboxylic acids is 1. The van der Waals surface area contributed by atoms with Crippen LogP contribution in [0, 0.1) is 0 Å². The predicted molar refractivity (Wildman–Crippen MR) is 140 cm³/mol. The van der Waals surface area contributed by atoms with Crippen molar-refractivity contribution in [2.75, 3.05) is 54.8 Å². The highest BCUT2D eigenvalue weighted by molar-refractivity contribution is 5.77. The highest BCUT2D eigenvalue weighted by Gasteiger charge is 2.24. The number of nitrogens with one attached hydrogen (secondary N) is 1. The number of aromatic amines is 1. The molecule has 1 aliphatic heterocycles. The number of hydrogen-bond donors (Lipinski definition) is 2. The van der Waals surface area contributed by atoms with Crippen molar-refractivity contribution in [2.45, 2.75) is 58.9 Å². The average molecular weight is 486 g/mol. The zero-order chi connectivity index (χ0) is 25.2. The number of piperazine rings is 1. The lowest BCUT2D eigenvalue weighted by molar-refractivity contribution is -0.131. The zero-order valence-electron chi connectivity index (χ0n) is 21.0. The van der Waals surface area contributed by atoms with Crippen LogP contribution >= 0.6 is 0 Å². The Bertz CT molecular complexity index is 1060. The summed E-state index contributed by atoms with van der Waals surface area (Å²) in [7, 11) is 0. The second-order valence-electron chi connectivity index (χ2n) is 9.00. The summed E-state index contributed by atoms with van der Waals surface area (Å²) in [4.78, 5) is 50.9. The van der Waals surface area contributed by atoms with Crippen LogP contribution in [-0.2, 0) is 11.3 Å². The number of nitrogens with zero attached hydrogens (tertiary/aromatic N) is 5. The number of rotatable bonds is 12. The van der Waals surface area contributed by atoms with Gasteiger partial charge in [-0.05, 0) is 25.0 Å². The lowest BCUT2D eigenvalue weighted by Crippen LogP contribution is -2.49. The highest BCUT2D eigenvalue weighted by Crippen LogP contribution is 2.19. The first-order valence-corrected chi connectivity index (χ1v) is 12.8. The van der Waals surface area contributed by atoms with Gasteiger partial charge in [-0.25, -0.2) is 9.78 Å². The summed E-state index contributed by atoms with van der Waals surface area (Å²) in [6, 6.07) is 5.84. The standard InChI is InChI=1S/C25H39N7O3/c1-3-5-9-13-31(22-23(26)32(14-6-4-2)25(35)28-24(22)34)15-11-21(33)30-18-16-29(17-19-30)20-10-7-8-12-27-20/h7-8,10,12H,3-6,9,11,13-19,26H2,1-2H3,(H,28,34,35). The average Bonchev–Trinajstić information content (AvgIpc) is 2.87. The van der Waals surface area contributed by atoms with Crippen LogP contribution in [0.15, 0.2) is 34.0 Å². The van der Waals surface area contributed by atoms with Gasteiger partial charge in [0.15, 0.2) is 0 Å². The Kier molecular flexibility index (Phi) is 9.75. The van der Waals surface area contributed by atoms with Crippen LogP contribution in [0.2, 0.25) is 0 Å². The monoisotopic (exact) mass is 485 g/mol. The number of anilines is 3. The van der Waals surface area contributed by atoms with Crippen LogP contribution in [-0.4, -0.2) is 64.6 Å². The van der Waals surface area contributed by atoms with E-state index in [0.29, 0.717) is 38.4 Å². The summed E-state index contributed by atoms with van der Waals surface area (Å²) < 4.78 is 1.44. The predicted octanol–water partition coefficient (Wildman–Crippen LogP) is 2.05. The van der Waals surface area contributed by atoms with Gasteiger partial charge in [0.2, 0.25) is 5.91 Å².